The molecule has 0 heterocycles. The van der Waals surface area contributed by atoms with Crippen LogP contribution >= 0.6 is 0 Å². The molecule has 4 nitrogen and oxygen atoms in total. The highest BCUT2D eigenvalue weighted by atomic mass is 19.1. The van der Waals surface area contributed by atoms with Crippen molar-refractivity contribution in [2.75, 3.05) is 6.61 Å². The summed E-state index contributed by atoms with van der Waals surface area (Å²) in [4.78, 5) is 23.3. The third kappa shape index (κ3) is 5.41. The van der Waals surface area contributed by atoms with Gasteiger partial charge in [-0.15, -0.1) is 0 Å². The van der Waals surface area contributed by atoms with Crippen LogP contribution in [0.4, 0.5) is 4.39 Å². The number of amides is 1. The molecule has 2 aromatic rings. The van der Waals surface area contributed by atoms with Crippen LogP contribution in [-0.2, 0) is 20.7 Å². The molecule has 0 bridgehead atoms. The fraction of sp³-hybridized carbons (Fsp3) is 0.300. The minimum Gasteiger partial charge on any atom is -0.459 e. The first-order chi connectivity index (χ1) is 11.8. The van der Waals surface area contributed by atoms with Crippen LogP contribution in [0, 0.1) is 5.82 Å². The van der Waals surface area contributed by atoms with Crippen molar-refractivity contribution < 1.29 is 18.7 Å². The zero-order chi connectivity index (χ0) is 18.4. The van der Waals surface area contributed by atoms with E-state index in [0.29, 0.717) is 6.42 Å². The molecule has 0 aliphatic heterocycles. The number of rotatable bonds is 5. The van der Waals surface area contributed by atoms with Gasteiger partial charge in [0.2, 0.25) is 0 Å². The molecule has 0 aliphatic carbocycles. The molecule has 2 rings (SSSR count). The van der Waals surface area contributed by atoms with E-state index < -0.39 is 17.4 Å². The Labute approximate surface area is 147 Å². The Hall–Kier alpha value is -2.69. The van der Waals surface area contributed by atoms with Crippen molar-refractivity contribution in [1.82, 2.24) is 5.32 Å². The van der Waals surface area contributed by atoms with E-state index in [1.165, 1.54) is 12.1 Å². The molecule has 0 unspecified atom stereocenters. The number of nitrogens with one attached hydrogen (secondary N) is 1. The third-order valence-electron chi connectivity index (χ3n) is 3.66. The van der Waals surface area contributed by atoms with Crippen LogP contribution in [-0.4, -0.2) is 24.0 Å². The Morgan fingerprint density at radius 1 is 1.08 bits per heavy atom. The lowest BCUT2D eigenvalue weighted by Crippen LogP contribution is -2.48. The summed E-state index contributed by atoms with van der Waals surface area (Å²) in [6.45, 7) is 5.49. The summed E-state index contributed by atoms with van der Waals surface area (Å²) in [5.74, 6) is -1.90. The van der Waals surface area contributed by atoms with Gasteiger partial charge in [0.05, 0.1) is 6.61 Å². The van der Waals surface area contributed by atoms with Crippen molar-refractivity contribution in [2.24, 2.45) is 0 Å². The monoisotopic (exact) mass is 343 g/mol. The molecular weight excluding hydrogens is 321 g/mol. The predicted molar refractivity (Wildman–Crippen MR) is 94.4 cm³/mol. The summed E-state index contributed by atoms with van der Waals surface area (Å²) in [6.07, 6.45) is 0.535. The molecule has 0 atom stereocenters. The summed E-state index contributed by atoms with van der Waals surface area (Å²) in [7, 11) is 0. The standard InChI is InChI=1S/C20H22FNO3/c1-4-25-19(24)18(23)22-20(2,3)13-14-6-5-7-16(12-14)15-8-10-17(21)11-9-15/h5-12H,4,13H2,1-3H3,(H,22,23). The zero-order valence-electron chi connectivity index (χ0n) is 14.6. The van der Waals surface area contributed by atoms with E-state index in [2.05, 4.69) is 5.32 Å². The summed E-state index contributed by atoms with van der Waals surface area (Å²) in [5.41, 5.74) is 2.25. The molecular formula is C20H22FNO3. The second-order valence-electron chi connectivity index (χ2n) is 6.44. The fourth-order valence-electron chi connectivity index (χ4n) is 2.61. The maximum absolute atomic E-state index is 13.1. The molecule has 0 saturated carbocycles. The van der Waals surface area contributed by atoms with Crippen LogP contribution in [0.15, 0.2) is 48.5 Å². The second kappa shape index (κ2) is 7.92. The first-order valence-corrected chi connectivity index (χ1v) is 8.15. The van der Waals surface area contributed by atoms with Crippen LogP contribution in [0.1, 0.15) is 26.3 Å². The van der Waals surface area contributed by atoms with E-state index in [9.17, 15) is 14.0 Å². The van der Waals surface area contributed by atoms with Crippen LogP contribution in [0.3, 0.4) is 0 Å². The molecule has 0 radical (unpaired) electrons. The highest BCUT2D eigenvalue weighted by Crippen LogP contribution is 2.23. The fourth-order valence-corrected chi connectivity index (χ4v) is 2.61. The molecule has 1 N–H and O–H groups in total. The maximum atomic E-state index is 13.1. The Morgan fingerprint density at radius 2 is 1.76 bits per heavy atom. The van der Waals surface area contributed by atoms with Crippen molar-refractivity contribution in [3.05, 3.63) is 59.9 Å². The number of hydrogen-bond donors (Lipinski definition) is 1. The molecule has 0 aromatic heterocycles. The first-order valence-electron chi connectivity index (χ1n) is 8.15. The topological polar surface area (TPSA) is 55.4 Å². The molecule has 2 aromatic carbocycles. The summed E-state index contributed by atoms with van der Waals surface area (Å²) in [5, 5.41) is 2.69. The molecule has 5 heteroatoms. The second-order valence-corrected chi connectivity index (χ2v) is 6.44. The van der Waals surface area contributed by atoms with Gasteiger partial charge in [-0.25, -0.2) is 9.18 Å². The van der Waals surface area contributed by atoms with E-state index in [0.717, 1.165) is 16.7 Å². The van der Waals surface area contributed by atoms with Gasteiger partial charge in [0.15, 0.2) is 0 Å². The van der Waals surface area contributed by atoms with Gasteiger partial charge < -0.3 is 10.1 Å². The minimum absolute atomic E-state index is 0.159. The van der Waals surface area contributed by atoms with Gasteiger partial charge in [0.1, 0.15) is 5.82 Å². The number of halogens is 1. The molecule has 0 spiro atoms. The van der Waals surface area contributed by atoms with E-state index in [4.69, 9.17) is 4.74 Å². The van der Waals surface area contributed by atoms with Crippen molar-refractivity contribution in [3.8, 4) is 11.1 Å². The van der Waals surface area contributed by atoms with Crippen molar-refractivity contribution in [3.63, 3.8) is 0 Å². The number of ether oxygens (including phenoxy) is 1. The van der Waals surface area contributed by atoms with Gasteiger partial charge in [-0.3, -0.25) is 4.79 Å². The summed E-state index contributed by atoms with van der Waals surface area (Å²) in [6, 6.07) is 14.1. The van der Waals surface area contributed by atoms with Gasteiger partial charge in [-0.2, -0.15) is 0 Å². The number of carbonyl (C=O) groups excluding carboxylic acids is 2. The summed E-state index contributed by atoms with van der Waals surface area (Å²) < 4.78 is 17.8. The van der Waals surface area contributed by atoms with Gasteiger partial charge >= 0.3 is 11.9 Å². The Bertz CT molecular complexity index is 754. The molecule has 0 fully saturated rings. The molecule has 1 amide bonds. The Balaban J connectivity index is 2.11. The smallest absolute Gasteiger partial charge is 0.396 e. The van der Waals surface area contributed by atoms with E-state index >= 15 is 0 Å². The highest BCUT2D eigenvalue weighted by Gasteiger charge is 2.25. The van der Waals surface area contributed by atoms with Gasteiger partial charge in [0, 0.05) is 5.54 Å². The average molecular weight is 343 g/mol. The lowest BCUT2D eigenvalue weighted by molar-refractivity contribution is -0.155. The van der Waals surface area contributed by atoms with Gasteiger partial charge in [0.25, 0.3) is 0 Å². The van der Waals surface area contributed by atoms with Crippen molar-refractivity contribution >= 4 is 11.9 Å². The van der Waals surface area contributed by atoms with Crippen LogP contribution in [0.5, 0.6) is 0 Å². The predicted octanol–water partition coefficient (Wildman–Crippen LogP) is 3.49. The molecule has 0 saturated heterocycles. The van der Waals surface area contributed by atoms with Crippen LogP contribution in [0.2, 0.25) is 0 Å². The normalized spacial score (nSPS) is 11.0. The molecule has 132 valence electrons. The molecule has 0 aliphatic rings. The third-order valence-corrected chi connectivity index (χ3v) is 3.66. The largest absolute Gasteiger partial charge is 0.459 e. The maximum Gasteiger partial charge on any atom is 0.396 e. The lowest BCUT2D eigenvalue weighted by atomic mass is 9.92. The summed E-state index contributed by atoms with van der Waals surface area (Å²) >= 11 is 0. The number of esters is 1. The van der Waals surface area contributed by atoms with E-state index in [1.807, 2.05) is 38.1 Å². The van der Waals surface area contributed by atoms with Crippen LogP contribution in [0.25, 0.3) is 11.1 Å². The number of carbonyl (C=O) groups is 2. The quantitative estimate of drug-likeness (QED) is 0.668. The van der Waals surface area contributed by atoms with Crippen LogP contribution < -0.4 is 5.32 Å². The lowest BCUT2D eigenvalue weighted by Gasteiger charge is -2.26. The number of hydrogen-bond acceptors (Lipinski definition) is 3. The number of benzene rings is 2. The SMILES string of the molecule is CCOC(=O)C(=O)NC(C)(C)Cc1cccc(-c2ccc(F)cc2)c1. The Kier molecular flexibility index (Phi) is 5.91. The first kappa shape index (κ1) is 18.6. The van der Waals surface area contributed by atoms with E-state index in [1.54, 1.807) is 19.1 Å². The van der Waals surface area contributed by atoms with Crippen molar-refractivity contribution in [2.45, 2.75) is 32.7 Å². The molecule has 25 heavy (non-hydrogen) atoms. The minimum atomic E-state index is -0.879. The zero-order valence-corrected chi connectivity index (χ0v) is 14.6. The Morgan fingerprint density at radius 3 is 2.40 bits per heavy atom. The van der Waals surface area contributed by atoms with Crippen molar-refractivity contribution in [1.29, 1.82) is 0 Å². The van der Waals surface area contributed by atoms with E-state index in [-0.39, 0.29) is 12.4 Å². The van der Waals surface area contributed by atoms with Gasteiger partial charge in [-0.1, -0.05) is 36.4 Å². The average Bonchev–Trinajstić information content (AvgIpc) is 2.55. The van der Waals surface area contributed by atoms with Gasteiger partial charge in [-0.05, 0) is 56.0 Å². The highest BCUT2D eigenvalue weighted by molar-refractivity contribution is 6.32.